The van der Waals surface area contributed by atoms with Gasteiger partial charge in [0, 0.05) is 10.7 Å². The molecule has 0 aromatic heterocycles. The Bertz CT molecular complexity index is 500. The van der Waals surface area contributed by atoms with E-state index in [2.05, 4.69) is 5.32 Å². The highest BCUT2D eigenvalue weighted by Gasteiger charge is 2.42. The quantitative estimate of drug-likeness (QED) is 0.894. The maximum absolute atomic E-state index is 12.3. The molecular formula is C15H18ClNO3. The van der Waals surface area contributed by atoms with E-state index >= 15 is 0 Å². The average molecular weight is 296 g/mol. The molecule has 1 aromatic rings. The fourth-order valence-electron chi connectivity index (χ4n) is 2.81. The van der Waals surface area contributed by atoms with Crippen molar-refractivity contribution in [2.24, 2.45) is 17.8 Å². The van der Waals surface area contributed by atoms with Crippen LogP contribution in [0.25, 0.3) is 0 Å². The zero-order valence-corrected chi connectivity index (χ0v) is 12.1. The first-order valence-electron chi connectivity index (χ1n) is 6.80. The number of nitrogens with one attached hydrogen (secondary N) is 1. The van der Waals surface area contributed by atoms with Crippen LogP contribution < -0.4 is 5.32 Å². The highest BCUT2D eigenvalue weighted by Crippen LogP contribution is 2.39. The van der Waals surface area contributed by atoms with E-state index in [-0.39, 0.29) is 5.91 Å². The minimum atomic E-state index is -0.878. The molecular weight excluding hydrogens is 278 g/mol. The molecule has 5 heteroatoms. The molecule has 1 aromatic carbocycles. The molecule has 1 saturated carbocycles. The van der Waals surface area contributed by atoms with Crippen LogP contribution in [0, 0.1) is 17.8 Å². The van der Waals surface area contributed by atoms with Gasteiger partial charge in [-0.25, -0.2) is 0 Å². The Morgan fingerprint density at radius 1 is 1.25 bits per heavy atom. The third-order valence-electron chi connectivity index (χ3n) is 4.00. The maximum Gasteiger partial charge on any atom is 0.307 e. The number of amides is 1. The van der Waals surface area contributed by atoms with Gasteiger partial charge in [-0.1, -0.05) is 24.9 Å². The lowest BCUT2D eigenvalue weighted by Gasteiger charge is -2.15. The Hall–Kier alpha value is -1.55. The molecule has 0 aliphatic heterocycles. The van der Waals surface area contributed by atoms with Crippen LogP contribution in [0.2, 0.25) is 5.02 Å². The van der Waals surface area contributed by atoms with Crippen molar-refractivity contribution in [3.8, 4) is 0 Å². The number of carboxylic acid groups (broad SMARTS) is 1. The van der Waals surface area contributed by atoms with E-state index in [4.69, 9.17) is 11.6 Å². The fourth-order valence-corrected chi connectivity index (χ4v) is 2.93. The van der Waals surface area contributed by atoms with Gasteiger partial charge in [0.25, 0.3) is 0 Å². The summed E-state index contributed by atoms with van der Waals surface area (Å²) in [4.78, 5) is 23.5. The molecule has 1 aliphatic carbocycles. The van der Waals surface area contributed by atoms with E-state index in [1.165, 1.54) is 0 Å². The first-order valence-corrected chi connectivity index (χ1v) is 7.18. The van der Waals surface area contributed by atoms with Crippen LogP contribution in [-0.4, -0.2) is 17.0 Å². The van der Waals surface area contributed by atoms with Crippen LogP contribution >= 0.6 is 11.6 Å². The Labute approximate surface area is 123 Å². The van der Waals surface area contributed by atoms with Crippen LogP contribution in [0.3, 0.4) is 0 Å². The molecule has 3 atom stereocenters. The molecule has 0 radical (unpaired) electrons. The van der Waals surface area contributed by atoms with Crippen LogP contribution in [-0.2, 0) is 9.59 Å². The summed E-state index contributed by atoms with van der Waals surface area (Å²) in [7, 11) is 0. The van der Waals surface area contributed by atoms with E-state index in [0.29, 0.717) is 29.5 Å². The molecule has 1 amide bonds. The van der Waals surface area contributed by atoms with E-state index in [1.807, 2.05) is 6.92 Å². The lowest BCUT2D eigenvalue weighted by molar-refractivity contribution is -0.145. The van der Waals surface area contributed by atoms with Gasteiger partial charge in [-0.3, -0.25) is 9.59 Å². The topological polar surface area (TPSA) is 66.4 Å². The molecule has 1 unspecified atom stereocenters. The standard InChI is InChI=1S/C15H18ClNO3/c1-2-9-7-12(13(8-9)15(19)20)14(18)17-11-5-3-10(16)4-6-11/h3-6,9,12-13H,2,7-8H2,1H3,(H,17,18)(H,19,20)/t9?,12-,13+/m0/s1. The minimum Gasteiger partial charge on any atom is -0.481 e. The van der Waals surface area contributed by atoms with Crippen LogP contribution in [0.4, 0.5) is 5.69 Å². The van der Waals surface area contributed by atoms with Gasteiger partial charge in [0.05, 0.1) is 11.8 Å². The highest BCUT2D eigenvalue weighted by atomic mass is 35.5. The summed E-state index contributed by atoms with van der Waals surface area (Å²) >= 11 is 5.79. The SMILES string of the molecule is CCC1C[C@H](C(=O)Nc2ccc(Cl)cc2)[C@H](C(=O)O)C1. The van der Waals surface area contributed by atoms with Crippen LogP contribution in [0.15, 0.2) is 24.3 Å². The molecule has 0 spiro atoms. The van der Waals surface area contributed by atoms with Crippen molar-refractivity contribution in [3.05, 3.63) is 29.3 Å². The number of hydrogen-bond donors (Lipinski definition) is 2. The number of benzene rings is 1. The first-order chi connectivity index (χ1) is 9.51. The van der Waals surface area contributed by atoms with Crippen molar-refractivity contribution in [2.45, 2.75) is 26.2 Å². The van der Waals surface area contributed by atoms with E-state index in [0.717, 1.165) is 6.42 Å². The van der Waals surface area contributed by atoms with Gasteiger partial charge in [0.1, 0.15) is 0 Å². The Morgan fingerprint density at radius 3 is 2.40 bits per heavy atom. The molecule has 108 valence electrons. The Morgan fingerprint density at radius 2 is 1.85 bits per heavy atom. The zero-order chi connectivity index (χ0) is 14.7. The minimum absolute atomic E-state index is 0.212. The molecule has 1 fully saturated rings. The molecule has 2 rings (SSSR count). The van der Waals surface area contributed by atoms with Crippen molar-refractivity contribution in [2.75, 3.05) is 5.32 Å². The summed E-state index contributed by atoms with van der Waals surface area (Å²) < 4.78 is 0. The zero-order valence-electron chi connectivity index (χ0n) is 11.3. The third kappa shape index (κ3) is 3.31. The predicted octanol–water partition coefficient (Wildman–Crippen LogP) is 3.42. The average Bonchev–Trinajstić information content (AvgIpc) is 2.86. The molecule has 0 saturated heterocycles. The van der Waals surface area contributed by atoms with Crippen LogP contribution in [0.1, 0.15) is 26.2 Å². The molecule has 4 nitrogen and oxygen atoms in total. The van der Waals surface area contributed by atoms with Gasteiger partial charge in [-0.2, -0.15) is 0 Å². The Kier molecular flexibility index (Phi) is 4.65. The lowest BCUT2D eigenvalue weighted by Crippen LogP contribution is -2.29. The third-order valence-corrected chi connectivity index (χ3v) is 4.26. The molecule has 2 N–H and O–H groups in total. The summed E-state index contributed by atoms with van der Waals surface area (Å²) in [5.74, 6) is -1.80. The Balaban J connectivity index is 2.07. The summed E-state index contributed by atoms with van der Waals surface area (Å²) in [6.07, 6.45) is 2.14. The normalized spacial score (nSPS) is 25.4. The second-order valence-electron chi connectivity index (χ2n) is 5.29. The molecule has 1 aliphatic rings. The smallest absolute Gasteiger partial charge is 0.307 e. The van der Waals surface area contributed by atoms with E-state index in [1.54, 1.807) is 24.3 Å². The summed E-state index contributed by atoms with van der Waals surface area (Å²) in [5.41, 5.74) is 0.642. The van der Waals surface area contributed by atoms with Gasteiger partial charge < -0.3 is 10.4 Å². The van der Waals surface area contributed by atoms with Gasteiger partial charge in [0.15, 0.2) is 0 Å². The first kappa shape index (κ1) is 14.9. The second-order valence-corrected chi connectivity index (χ2v) is 5.73. The fraction of sp³-hybridized carbons (Fsp3) is 0.467. The lowest BCUT2D eigenvalue weighted by atomic mass is 9.95. The maximum atomic E-state index is 12.3. The molecule has 20 heavy (non-hydrogen) atoms. The summed E-state index contributed by atoms with van der Waals surface area (Å²) in [6.45, 7) is 2.03. The van der Waals surface area contributed by atoms with E-state index in [9.17, 15) is 14.7 Å². The van der Waals surface area contributed by atoms with Gasteiger partial charge >= 0.3 is 5.97 Å². The molecule has 0 bridgehead atoms. The van der Waals surface area contributed by atoms with Crippen LogP contribution in [0.5, 0.6) is 0 Å². The highest BCUT2D eigenvalue weighted by molar-refractivity contribution is 6.30. The number of aliphatic carboxylic acids is 1. The number of carbonyl (C=O) groups is 2. The molecule has 0 heterocycles. The van der Waals surface area contributed by atoms with Crippen molar-refractivity contribution in [1.82, 2.24) is 0 Å². The second kappa shape index (κ2) is 6.27. The van der Waals surface area contributed by atoms with Gasteiger partial charge in [0.2, 0.25) is 5.91 Å². The van der Waals surface area contributed by atoms with Crippen molar-refractivity contribution in [1.29, 1.82) is 0 Å². The summed E-state index contributed by atoms with van der Waals surface area (Å²) in [6, 6.07) is 6.80. The number of hydrogen-bond acceptors (Lipinski definition) is 2. The number of carboxylic acids is 1. The number of halogens is 1. The number of rotatable bonds is 4. The largest absolute Gasteiger partial charge is 0.481 e. The van der Waals surface area contributed by atoms with Gasteiger partial charge in [-0.15, -0.1) is 0 Å². The monoisotopic (exact) mass is 295 g/mol. The number of carbonyl (C=O) groups excluding carboxylic acids is 1. The van der Waals surface area contributed by atoms with E-state index < -0.39 is 17.8 Å². The van der Waals surface area contributed by atoms with Crippen molar-refractivity contribution < 1.29 is 14.7 Å². The summed E-state index contributed by atoms with van der Waals surface area (Å²) in [5, 5.41) is 12.6. The predicted molar refractivity (Wildman–Crippen MR) is 77.7 cm³/mol. The van der Waals surface area contributed by atoms with Gasteiger partial charge in [-0.05, 0) is 43.0 Å². The number of anilines is 1. The van der Waals surface area contributed by atoms with Crippen molar-refractivity contribution in [3.63, 3.8) is 0 Å². The van der Waals surface area contributed by atoms with Crippen molar-refractivity contribution >= 4 is 29.2 Å².